The third-order valence-corrected chi connectivity index (χ3v) is 6.22. The number of benzene rings is 1. The fourth-order valence-corrected chi connectivity index (χ4v) is 4.75. The molecule has 9 heteroatoms. The first-order chi connectivity index (χ1) is 13.7. The monoisotopic (exact) mass is 465 g/mol. The van der Waals surface area contributed by atoms with E-state index in [9.17, 15) is 0 Å². The first-order valence-electron chi connectivity index (χ1n) is 9.69. The van der Waals surface area contributed by atoms with Gasteiger partial charge in [0, 0.05) is 36.2 Å². The maximum atomic E-state index is 6.31. The molecule has 5 rings (SSSR count). The molecule has 28 heavy (non-hydrogen) atoms. The topological polar surface area (TPSA) is 65.3 Å². The SMILES string of the molecule is Clc1nc(N2CCCOCC2)c2c(cc(Br)c3cnn(C4CCCCO4)c32)n1. The standard InChI is InChI=1S/C19H21BrClN5O2/c20-13-10-14-16(17-12(13)11-22-26(17)15-4-1-2-8-28-15)18(24-19(21)23-14)25-5-3-7-27-9-6-25/h10-11,15H,1-9H2. The minimum absolute atomic E-state index is 0.0697. The van der Waals surface area contributed by atoms with Gasteiger partial charge in [0.25, 0.3) is 0 Å². The van der Waals surface area contributed by atoms with E-state index in [-0.39, 0.29) is 11.5 Å². The molecular formula is C19H21BrClN5O2. The Hall–Kier alpha value is -1.48. The molecule has 2 aliphatic rings. The minimum Gasteiger partial charge on any atom is -0.380 e. The molecule has 1 atom stereocenters. The van der Waals surface area contributed by atoms with Crippen LogP contribution in [0.5, 0.6) is 0 Å². The van der Waals surface area contributed by atoms with Crippen molar-refractivity contribution < 1.29 is 9.47 Å². The van der Waals surface area contributed by atoms with Gasteiger partial charge in [-0.1, -0.05) is 0 Å². The van der Waals surface area contributed by atoms with Crippen molar-refractivity contribution in [2.45, 2.75) is 31.9 Å². The molecule has 2 aliphatic heterocycles. The molecule has 2 aromatic heterocycles. The average molecular weight is 467 g/mol. The Morgan fingerprint density at radius 3 is 2.89 bits per heavy atom. The van der Waals surface area contributed by atoms with Gasteiger partial charge in [-0.2, -0.15) is 10.1 Å². The van der Waals surface area contributed by atoms with Gasteiger partial charge in [0.2, 0.25) is 5.28 Å². The van der Waals surface area contributed by atoms with Gasteiger partial charge >= 0.3 is 0 Å². The van der Waals surface area contributed by atoms with E-state index in [4.69, 9.17) is 21.1 Å². The van der Waals surface area contributed by atoms with Crippen LogP contribution in [0.1, 0.15) is 31.9 Å². The molecule has 7 nitrogen and oxygen atoms in total. The quantitative estimate of drug-likeness (QED) is 0.524. The summed E-state index contributed by atoms with van der Waals surface area (Å²) in [6.07, 6.45) is 5.95. The van der Waals surface area contributed by atoms with E-state index >= 15 is 0 Å². The van der Waals surface area contributed by atoms with Gasteiger partial charge < -0.3 is 14.4 Å². The largest absolute Gasteiger partial charge is 0.380 e. The molecule has 0 N–H and O–H groups in total. The number of aromatic nitrogens is 4. The summed E-state index contributed by atoms with van der Waals surface area (Å²) in [6, 6.07) is 2.00. The number of anilines is 1. The maximum absolute atomic E-state index is 6.31. The smallest absolute Gasteiger partial charge is 0.224 e. The number of hydrogen-bond donors (Lipinski definition) is 0. The molecule has 0 aliphatic carbocycles. The Morgan fingerprint density at radius 2 is 2.04 bits per heavy atom. The predicted octanol–water partition coefficient (Wildman–Crippen LogP) is 4.32. The highest BCUT2D eigenvalue weighted by atomic mass is 79.9. The number of nitrogens with zero attached hydrogens (tertiary/aromatic N) is 5. The van der Waals surface area contributed by atoms with Crippen molar-refractivity contribution in [2.24, 2.45) is 0 Å². The molecule has 0 bridgehead atoms. The second-order valence-electron chi connectivity index (χ2n) is 7.19. The molecular weight excluding hydrogens is 446 g/mol. The fourth-order valence-electron chi connectivity index (χ4n) is 4.08. The van der Waals surface area contributed by atoms with Crippen molar-refractivity contribution in [3.05, 3.63) is 22.0 Å². The number of halogens is 2. The minimum atomic E-state index is -0.0697. The van der Waals surface area contributed by atoms with E-state index in [1.54, 1.807) is 0 Å². The summed E-state index contributed by atoms with van der Waals surface area (Å²) in [6.45, 7) is 3.84. The highest BCUT2D eigenvalue weighted by molar-refractivity contribution is 9.10. The van der Waals surface area contributed by atoms with Crippen LogP contribution in [0.4, 0.5) is 5.82 Å². The van der Waals surface area contributed by atoms with Crippen molar-refractivity contribution in [2.75, 3.05) is 37.8 Å². The fraction of sp³-hybridized carbons (Fsp3) is 0.526. The Labute approximate surface area is 176 Å². The lowest BCUT2D eigenvalue weighted by Crippen LogP contribution is -2.27. The molecule has 0 amide bonds. The lowest BCUT2D eigenvalue weighted by Gasteiger charge is -2.26. The zero-order valence-corrected chi connectivity index (χ0v) is 17.7. The Morgan fingerprint density at radius 1 is 1.11 bits per heavy atom. The van der Waals surface area contributed by atoms with E-state index in [0.29, 0.717) is 6.61 Å². The van der Waals surface area contributed by atoms with Crippen molar-refractivity contribution in [3.8, 4) is 0 Å². The van der Waals surface area contributed by atoms with E-state index < -0.39 is 0 Å². The molecule has 148 valence electrons. The van der Waals surface area contributed by atoms with Crippen LogP contribution in [0.25, 0.3) is 21.8 Å². The summed E-state index contributed by atoms with van der Waals surface area (Å²) in [5.41, 5.74) is 1.80. The first-order valence-corrected chi connectivity index (χ1v) is 10.9. The van der Waals surface area contributed by atoms with Gasteiger partial charge in [-0.25, -0.2) is 9.67 Å². The molecule has 4 heterocycles. The van der Waals surface area contributed by atoms with E-state index in [0.717, 1.165) is 84.1 Å². The summed E-state index contributed by atoms with van der Waals surface area (Å²) in [4.78, 5) is 11.4. The summed E-state index contributed by atoms with van der Waals surface area (Å²) < 4.78 is 14.6. The molecule has 2 fully saturated rings. The molecule has 1 aromatic carbocycles. The highest BCUT2D eigenvalue weighted by Crippen LogP contribution is 2.39. The summed E-state index contributed by atoms with van der Waals surface area (Å²) >= 11 is 9.99. The molecule has 0 saturated carbocycles. The van der Waals surface area contributed by atoms with Crippen molar-refractivity contribution >= 4 is 55.2 Å². The molecule has 0 spiro atoms. The third kappa shape index (κ3) is 3.26. The highest BCUT2D eigenvalue weighted by Gasteiger charge is 2.25. The predicted molar refractivity (Wildman–Crippen MR) is 112 cm³/mol. The summed E-state index contributed by atoms with van der Waals surface area (Å²) in [5, 5.41) is 6.93. The van der Waals surface area contributed by atoms with Gasteiger partial charge in [-0.3, -0.25) is 0 Å². The van der Waals surface area contributed by atoms with Crippen molar-refractivity contribution in [3.63, 3.8) is 0 Å². The Bertz CT molecular complexity index is 1010. The van der Waals surface area contributed by atoms with Gasteiger partial charge in [0.05, 0.1) is 29.2 Å². The Kier molecular flexibility index (Phi) is 5.13. The summed E-state index contributed by atoms with van der Waals surface area (Å²) in [5.74, 6) is 0.843. The number of rotatable bonds is 2. The molecule has 1 unspecified atom stereocenters. The second kappa shape index (κ2) is 7.74. The summed E-state index contributed by atoms with van der Waals surface area (Å²) in [7, 11) is 0. The van der Waals surface area contributed by atoms with Crippen LogP contribution in [0.3, 0.4) is 0 Å². The van der Waals surface area contributed by atoms with E-state index in [2.05, 4.69) is 35.9 Å². The number of hydrogen-bond acceptors (Lipinski definition) is 6. The van der Waals surface area contributed by atoms with Crippen LogP contribution < -0.4 is 4.90 Å². The van der Waals surface area contributed by atoms with Crippen LogP contribution >= 0.6 is 27.5 Å². The van der Waals surface area contributed by atoms with Crippen LogP contribution in [-0.4, -0.2) is 52.7 Å². The number of fused-ring (bicyclic) bond motifs is 3. The lowest BCUT2D eigenvalue weighted by molar-refractivity contribution is -0.0365. The van der Waals surface area contributed by atoms with Gasteiger partial charge in [-0.15, -0.1) is 0 Å². The van der Waals surface area contributed by atoms with Gasteiger partial charge in [-0.05, 0) is 59.3 Å². The molecule has 2 saturated heterocycles. The van der Waals surface area contributed by atoms with Crippen LogP contribution in [0, 0.1) is 0 Å². The normalized spacial score (nSPS) is 21.4. The van der Waals surface area contributed by atoms with Crippen molar-refractivity contribution in [1.29, 1.82) is 0 Å². The van der Waals surface area contributed by atoms with Gasteiger partial charge in [0.15, 0.2) is 6.23 Å². The maximum Gasteiger partial charge on any atom is 0.224 e. The van der Waals surface area contributed by atoms with E-state index in [1.807, 2.05) is 16.9 Å². The van der Waals surface area contributed by atoms with Crippen LogP contribution in [0.2, 0.25) is 5.28 Å². The number of ether oxygens (including phenoxy) is 2. The molecule has 3 aromatic rings. The first kappa shape index (κ1) is 18.5. The van der Waals surface area contributed by atoms with Crippen LogP contribution in [0.15, 0.2) is 16.7 Å². The lowest BCUT2D eigenvalue weighted by atomic mass is 10.1. The zero-order chi connectivity index (χ0) is 19.1. The third-order valence-electron chi connectivity index (χ3n) is 5.39. The second-order valence-corrected chi connectivity index (χ2v) is 8.39. The van der Waals surface area contributed by atoms with Crippen LogP contribution in [-0.2, 0) is 9.47 Å². The van der Waals surface area contributed by atoms with Crippen molar-refractivity contribution in [1.82, 2.24) is 19.7 Å². The zero-order valence-electron chi connectivity index (χ0n) is 15.4. The van der Waals surface area contributed by atoms with Gasteiger partial charge in [0.1, 0.15) is 5.82 Å². The Balaban J connectivity index is 1.78. The average Bonchev–Trinajstić information content (AvgIpc) is 2.97. The molecule has 0 radical (unpaired) electrons. The van der Waals surface area contributed by atoms with E-state index in [1.165, 1.54) is 0 Å².